The number of phenols is 2. The second-order valence-corrected chi connectivity index (χ2v) is 4.91. The molecule has 0 bridgehead atoms. The number of carboxylic acid groups (broad SMARTS) is 1. The van der Waals surface area contributed by atoms with Gasteiger partial charge < -0.3 is 15.3 Å². The van der Waals surface area contributed by atoms with Gasteiger partial charge in [0.15, 0.2) is 11.5 Å². The lowest BCUT2D eigenvalue weighted by atomic mass is 10.1. The topological polar surface area (TPSA) is 150 Å². The molecule has 0 aliphatic rings. The molecule has 1 rings (SSSR count). The third kappa shape index (κ3) is 4.20. The summed E-state index contributed by atoms with van der Waals surface area (Å²) in [7, 11) is -4.15. The standard InChI is InChI=1S/C9H12N2O6S/c10-18(16,17)11-6(9(14)15)3-5-1-2-7(12)8(13)4-5/h1-2,4,6,11-13H,3H2,(H,14,15)(H2,10,16,17)/t6-/m0/s1. The van der Waals surface area contributed by atoms with Crippen LogP contribution >= 0.6 is 0 Å². The minimum absolute atomic E-state index is 0.223. The highest BCUT2D eigenvalue weighted by atomic mass is 32.2. The van der Waals surface area contributed by atoms with Crippen molar-refractivity contribution in [2.24, 2.45) is 5.14 Å². The number of hydrogen-bond acceptors (Lipinski definition) is 5. The highest BCUT2D eigenvalue weighted by Crippen LogP contribution is 2.25. The molecule has 0 heterocycles. The Morgan fingerprint density at radius 3 is 2.39 bits per heavy atom. The molecule has 0 fully saturated rings. The van der Waals surface area contributed by atoms with E-state index in [0.717, 1.165) is 6.07 Å². The zero-order chi connectivity index (χ0) is 13.9. The van der Waals surface area contributed by atoms with E-state index >= 15 is 0 Å². The number of benzene rings is 1. The number of hydrogen-bond donors (Lipinski definition) is 5. The first-order valence-electron chi connectivity index (χ1n) is 4.73. The van der Waals surface area contributed by atoms with Gasteiger partial charge in [-0.2, -0.15) is 13.1 Å². The number of carboxylic acids is 1. The molecule has 9 heteroatoms. The Hall–Kier alpha value is -1.84. The van der Waals surface area contributed by atoms with Crippen molar-refractivity contribution < 1.29 is 28.5 Å². The normalized spacial score (nSPS) is 13.2. The van der Waals surface area contributed by atoms with Crippen molar-refractivity contribution in [3.8, 4) is 11.5 Å². The molecular weight excluding hydrogens is 264 g/mol. The Morgan fingerprint density at radius 1 is 1.33 bits per heavy atom. The van der Waals surface area contributed by atoms with Crippen LogP contribution < -0.4 is 9.86 Å². The van der Waals surface area contributed by atoms with Crippen molar-refractivity contribution in [2.75, 3.05) is 0 Å². The zero-order valence-electron chi connectivity index (χ0n) is 9.07. The van der Waals surface area contributed by atoms with Crippen LogP contribution in [-0.2, 0) is 21.4 Å². The molecule has 1 aromatic rings. The number of phenolic OH excluding ortho intramolecular Hbond substituents is 2. The molecule has 0 saturated heterocycles. The molecule has 0 amide bonds. The number of aliphatic carboxylic acids is 1. The van der Waals surface area contributed by atoms with Gasteiger partial charge in [0.05, 0.1) is 0 Å². The van der Waals surface area contributed by atoms with E-state index < -0.39 is 28.0 Å². The third-order valence-electron chi connectivity index (χ3n) is 2.08. The number of nitrogens with one attached hydrogen (secondary N) is 1. The van der Waals surface area contributed by atoms with Crippen molar-refractivity contribution in [1.82, 2.24) is 4.72 Å². The molecule has 0 spiro atoms. The zero-order valence-corrected chi connectivity index (χ0v) is 9.88. The van der Waals surface area contributed by atoms with Crippen molar-refractivity contribution in [3.05, 3.63) is 23.8 Å². The number of aromatic hydroxyl groups is 2. The molecule has 0 aromatic heterocycles. The molecule has 0 aliphatic heterocycles. The molecule has 6 N–H and O–H groups in total. The van der Waals surface area contributed by atoms with Crippen LogP contribution in [0.2, 0.25) is 0 Å². The van der Waals surface area contributed by atoms with Crippen LogP contribution in [0.25, 0.3) is 0 Å². The van der Waals surface area contributed by atoms with Gasteiger partial charge in [0, 0.05) is 0 Å². The van der Waals surface area contributed by atoms with Crippen molar-refractivity contribution in [3.63, 3.8) is 0 Å². The second-order valence-electron chi connectivity index (χ2n) is 3.58. The average molecular weight is 276 g/mol. The van der Waals surface area contributed by atoms with Crippen LogP contribution in [-0.4, -0.2) is 35.7 Å². The Balaban J connectivity index is 2.90. The predicted octanol–water partition coefficient (Wildman–Crippen LogP) is -1.11. The van der Waals surface area contributed by atoms with E-state index in [2.05, 4.69) is 0 Å². The number of rotatable bonds is 5. The van der Waals surface area contributed by atoms with E-state index in [1.165, 1.54) is 12.1 Å². The lowest BCUT2D eigenvalue weighted by Crippen LogP contribution is -2.45. The Kier molecular flexibility index (Phi) is 4.11. The summed E-state index contributed by atoms with van der Waals surface area (Å²) in [4.78, 5) is 10.8. The first-order chi connectivity index (χ1) is 8.19. The van der Waals surface area contributed by atoms with E-state index in [1.54, 1.807) is 4.72 Å². The molecule has 1 atom stereocenters. The van der Waals surface area contributed by atoms with Gasteiger partial charge in [-0.3, -0.25) is 4.79 Å². The molecule has 100 valence electrons. The van der Waals surface area contributed by atoms with Gasteiger partial charge in [-0.25, -0.2) is 5.14 Å². The third-order valence-corrected chi connectivity index (χ3v) is 2.70. The van der Waals surface area contributed by atoms with E-state index in [1.807, 2.05) is 0 Å². The van der Waals surface area contributed by atoms with Crippen LogP contribution in [0.1, 0.15) is 5.56 Å². The van der Waals surface area contributed by atoms with Crippen LogP contribution in [0.3, 0.4) is 0 Å². The highest BCUT2D eigenvalue weighted by Gasteiger charge is 2.22. The number of carbonyl (C=O) groups is 1. The Labute approximate surface area is 103 Å². The number of nitrogens with two attached hydrogens (primary N) is 1. The van der Waals surface area contributed by atoms with E-state index in [4.69, 9.17) is 15.4 Å². The molecule has 0 unspecified atom stereocenters. The fourth-order valence-electron chi connectivity index (χ4n) is 1.31. The van der Waals surface area contributed by atoms with Gasteiger partial charge in [-0.1, -0.05) is 6.07 Å². The quantitative estimate of drug-likeness (QED) is 0.430. The summed E-state index contributed by atoms with van der Waals surface area (Å²) in [6, 6.07) is 2.20. The van der Waals surface area contributed by atoms with Crippen LogP contribution in [0, 0.1) is 0 Å². The average Bonchev–Trinajstić information content (AvgIpc) is 2.20. The van der Waals surface area contributed by atoms with E-state index in [9.17, 15) is 18.3 Å². The molecule has 1 aromatic carbocycles. The minimum Gasteiger partial charge on any atom is -0.504 e. The van der Waals surface area contributed by atoms with Gasteiger partial charge in [0.2, 0.25) is 0 Å². The van der Waals surface area contributed by atoms with Crippen LogP contribution in [0.4, 0.5) is 0 Å². The summed E-state index contributed by atoms with van der Waals surface area (Å²) in [5, 5.41) is 31.8. The maximum Gasteiger partial charge on any atom is 0.322 e. The summed E-state index contributed by atoms with van der Waals surface area (Å²) in [6.45, 7) is 0. The molecule has 0 saturated carbocycles. The fourth-order valence-corrected chi connectivity index (χ4v) is 1.89. The van der Waals surface area contributed by atoms with Gasteiger partial charge in [-0.15, -0.1) is 0 Å². The van der Waals surface area contributed by atoms with Crippen molar-refractivity contribution in [1.29, 1.82) is 0 Å². The lowest BCUT2D eigenvalue weighted by Gasteiger charge is -2.13. The van der Waals surface area contributed by atoms with Crippen LogP contribution in [0.5, 0.6) is 11.5 Å². The lowest BCUT2D eigenvalue weighted by molar-refractivity contribution is -0.138. The first kappa shape index (κ1) is 14.2. The van der Waals surface area contributed by atoms with Gasteiger partial charge in [-0.05, 0) is 24.1 Å². The monoisotopic (exact) mass is 276 g/mol. The largest absolute Gasteiger partial charge is 0.504 e. The summed E-state index contributed by atoms with van der Waals surface area (Å²) in [6.07, 6.45) is -0.223. The smallest absolute Gasteiger partial charge is 0.322 e. The second kappa shape index (κ2) is 5.21. The summed E-state index contributed by atoms with van der Waals surface area (Å²) in [5.74, 6) is -2.19. The maximum atomic E-state index is 10.8. The predicted molar refractivity (Wildman–Crippen MR) is 61.1 cm³/mol. The van der Waals surface area contributed by atoms with Crippen molar-refractivity contribution >= 4 is 16.2 Å². The SMILES string of the molecule is NS(=O)(=O)N[C@@H](Cc1ccc(O)c(O)c1)C(=O)O. The minimum atomic E-state index is -4.15. The summed E-state index contributed by atoms with van der Waals surface area (Å²) >= 11 is 0. The van der Waals surface area contributed by atoms with Crippen molar-refractivity contribution in [2.45, 2.75) is 12.5 Å². The molecular formula is C9H12N2O6S. The maximum absolute atomic E-state index is 10.8. The Bertz CT molecular complexity index is 556. The highest BCUT2D eigenvalue weighted by molar-refractivity contribution is 7.87. The van der Waals surface area contributed by atoms with E-state index in [-0.39, 0.29) is 12.2 Å². The molecule has 8 nitrogen and oxygen atoms in total. The summed E-state index contributed by atoms with van der Waals surface area (Å²) in [5.41, 5.74) is 0.328. The van der Waals surface area contributed by atoms with Gasteiger partial charge in [0.1, 0.15) is 6.04 Å². The molecule has 0 aliphatic carbocycles. The van der Waals surface area contributed by atoms with Crippen LogP contribution in [0.15, 0.2) is 18.2 Å². The first-order valence-corrected chi connectivity index (χ1v) is 6.27. The fraction of sp³-hybridized carbons (Fsp3) is 0.222. The van der Waals surface area contributed by atoms with Gasteiger partial charge in [0.25, 0.3) is 10.2 Å². The van der Waals surface area contributed by atoms with E-state index in [0.29, 0.717) is 5.56 Å². The van der Waals surface area contributed by atoms with Gasteiger partial charge >= 0.3 is 5.97 Å². The summed E-state index contributed by atoms with van der Waals surface area (Å²) < 4.78 is 23.3. The molecule has 0 radical (unpaired) electrons. The Morgan fingerprint density at radius 2 is 1.94 bits per heavy atom. The molecule has 18 heavy (non-hydrogen) atoms.